The number of carbonyl (C=O) groups is 2. The molecular formula is C62H75F3N18O4. The highest BCUT2D eigenvalue weighted by Gasteiger charge is 2.32. The summed E-state index contributed by atoms with van der Waals surface area (Å²) in [6.45, 7) is 21.5. The fraction of sp³-hybridized carbons (Fsp3) is 0.435. The molecule has 3 atom stereocenters. The summed E-state index contributed by atoms with van der Waals surface area (Å²) in [6.07, 6.45) is 19.6. The van der Waals surface area contributed by atoms with Crippen molar-refractivity contribution >= 4 is 46.6 Å². The molecular weight excluding hydrogens is 1120 g/mol. The minimum Gasteiger partial charge on any atom is -0.444 e. The van der Waals surface area contributed by atoms with E-state index in [0.29, 0.717) is 89.5 Å². The molecule has 3 aliphatic heterocycles. The highest BCUT2D eigenvalue weighted by Crippen LogP contribution is 2.28. The monoisotopic (exact) mass is 1190 g/mol. The molecule has 3 aliphatic rings. The van der Waals surface area contributed by atoms with E-state index in [1.807, 2.05) is 53.7 Å². The number of aromatic nitrogens is 12. The Labute approximate surface area is 503 Å². The third kappa shape index (κ3) is 15.2. The number of likely N-dealkylation sites (N-methyl/N-ethyl adjacent to an activating group) is 2. The van der Waals surface area contributed by atoms with Gasteiger partial charge in [0, 0.05) is 101 Å². The molecule has 12 heterocycles. The molecule has 87 heavy (non-hydrogen) atoms. The van der Waals surface area contributed by atoms with Crippen LogP contribution >= 0.6 is 0 Å². The predicted octanol–water partition coefficient (Wildman–Crippen LogP) is 10.4. The highest BCUT2D eigenvalue weighted by atomic mass is 19.1. The van der Waals surface area contributed by atoms with Crippen LogP contribution in [-0.4, -0.2) is 162 Å². The van der Waals surface area contributed by atoms with Gasteiger partial charge in [0.25, 0.3) is 0 Å². The summed E-state index contributed by atoms with van der Waals surface area (Å²) in [6, 6.07) is 15.2. The lowest BCUT2D eigenvalue weighted by Gasteiger charge is -2.39. The van der Waals surface area contributed by atoms with E-state index < -0.39 is 11.2 Å². The van der Waals surface area contributed by atoms with Gasteiger partial charge >= 0.3 is 12.2 Å². The molecule has 2 amide bonds. The second-order valence-corrected chi connectivity index (χ2v) is 23.6. The fourth-order valence-corrected chi connectivity index (χ4v) is 11.0. The van der Waals surface area contributed by atoms with Gasteiger partial charge in [0.2, 0.25) is 0 Å². The highest BCUT2D eigenvalue weighted by molar-refractivity contribution is 5.69. The van der Waals surface area contributed by atoms with Crippen LogP contribution in [0.4, 0.5) is 40.2 Å². The maximum absolute atomic E-state index is 13.8. The number of hydrogen-bond donors (Lipinski definition) is 2. The second-order valence-electron chi connectivity index (χ2n) is 23.6. The maximum Gasteiger partial charge on any atom is 0.410 e. The standard InChI is InChI=1S/C23H29FN6O2.C21H25FN6O2.C18H21FN6/c1-5-29(17-7-6-12-28(15-17)22(31)32-23(2,3)4)20-10-11-25-21(27-20)18-13-26-19-9-8-16(24)14-30(18)19;1-21(2,3)30-20(29)27-10-4-5-15(13-27)25-17-8-9-23-19(26-17)16-11-24-18-7-6-14(22)12-28(16)18;1-2-24(14-4-3-8-20-10-14)17-7-9-21-18(23-17)15-11-22-16-6-5-13(19)12-25(15)16/h8-11,13-14,17H,5-7,12,15H2,1-4H3;6-9,11-12,15H,4-5,10,13H2,1-3H3,(H,23,25,26);5-7,9,11-12,14,20H,2-4,8,10H2,1H3/t17-;15-;14-/m111/s1. The van der Waals surface area contributed by atoms with E-state index >= 15 is 0 Å². The number of fused-ring (bicyclic) bond motifs is 3. The number of pyridine rings is 3. The predicted molar refractivity (Wildman–Crippen MR) is 326 cm³/mol. The molecule has 9 aromatic heterocycles. The number of hydrogen-bond acceptors (Lipinski definition) is 17. The van der Waals surface area contributed by atoms with Crippen LogP contribution in [0.2, 0.25) is 0 Å². The van der Waals surface area contributed by atoms with E-state index in [1.165, 1.54) is 43.2 Å². The van der Waals surface area contributed by atoms with Crippen molar-refractivity contribution in [1.82, 2.24) is 73.2 Å². The van der Waals surface area contributed by atoms with Crippen LogP contribution in [0.3, 0.4) is 0 Å². The Balaban J connectivity index is 0.000000145. The number of likely N-dealkylation sites (tertiary alicyclic amines) is 2. The van der Waals surface area contributed by atoms with Crippen molar-refractivity contribution < 1.29 is 32.2 Å². The molecule has 0 spiro atoms. The van der Waals surface area contributed by atoms with E-state index in [4.69, 9.17) is 19.4 Å². The third-order valence-electron chi connectivity index (χ3n) is 14.9. The van der Waals surface area contributed by atoms with Crippen molar-refractivity contribution in [2.75, 3.05) is 67.5 Å². The number of halogens is 3. The van der Waals surface area contributed by atoms with E-state index in [0.717, 1.165) is 69.9 Å². The van der Waals surface area contributed by atoms with Crippen LogP contribution < -0.4 is 20.4 Å². The molecule has 0 saturated carbocycles. The normalized spacial score (nSPS) is 17.3. The Kier molecular flexibility index (Phi) is 18.8. The van der Waals surface area contributed by atoms with Gasteiger partial charge in [-0.25, -0.2) is 67.6 Å². The lowest BCUT2D eigenvalue weighted by molar-refractivity contribution is 0.0191. The summed E-state index contributed by atoms with van der Waals surface area (Å²) in [5, 5.41) is 6.84. The second kappa shape index (κ2) is 26.7. The van der Waals surface area contributed by atoms with Crippen molar-refractivity contribution in [3.05, 3.63) is 128 Å². The quantitative estimate of drug-likeness (QED) is 0.123. The number of nitrogens with one attached hydrogen (secondary N) is 2. The molecule has 458 valence electrons. The molecule has 2 N–H and O–H groups in total. The van der Waals surface area contributed by atoms with Gasteiger partial charge in [-0.3, -0.25) is 13.2 Å². The van der Waals surface area contributed by atoms with Crippen LogP contribution in [0.15, 0.2) is 110 Å². The number of anilines is 3. The van der Waals surface area contributed by atoms with Crippen molar-refractivity contribution in [3.8, 4) is 34.6 Å². The molecule has 22 nitrogen and oxygen atoms in total. The molecule has 3 fully saturated rings. The summed E-state index contributed by atoms with van der Waals surface area (Å²) in [5.41, 5.74) is 2.79. The Morgan fingerprint density at radius 1 is 0.563 bits per heavy atom. The first kappa shape index (κ1) is 61.1. The van der Waals surface area contributed by atoms with Gasteiger partial charge in [0.1, 0.15) is 80.1 Å². The summed E-state index contributed by atoms with van der Waals surface area (Å²) in [5.74, 6) is 2.74. The van der Waals surface area contributed by atoms with Crippen molar-refractivity contribution in [1.29, 1.82) is 0 Å². The zero-order valence-electron chi connectivity index (χ0n) is 50.4. The van der Waals surface area contributed by atoms with E-state index in [1.54, 1.807) is 84.4 Å². The first-order valence-corrected chi connectivity index (χ1v) is 29.6. The molecule has 0 aliphatic carbocycles. The Hall–Kier alpha value is -9.00. The molecule has 0 unspecified atom stereocenters. The Morgan fingerprint density at radius 2 is 1.00 bits per heavy atom. The largest absolute Gasteiger partial charge is 0.444 e. The van der Waals surface area contributed by atoms with Gasteiger partial charge in [-0.05, 0) is 155 Å². The minimum absolute atomic E-state index is 0.0497. The third-order valence-corrected chi connectivity index (χ3v) is 14.9. The molecule has 12 rings (SSSR count). The van der Waals surface area contributed by atoms with Crippen LogP contribution in [0.25, 0.3) is 51.5 Å². The topological polar surface area (TPSA) is 219 Å². The van der Waals surface area contributed by atoms with Crippen molar-refractivity contribution in [2.24, 2.45) is 0 Å². The van der Waals surface area contributed by atoms with E-state index in [9.17, 15) is 22.8 Å². The number of carbonyl (C=O) groups excluding carboxylic acids is 2. The zero-order valence-corrected chi connectivity index (χ0v) is 50.4. The first-order chi connectivity index (χ1) is 41.8. The van der Waals surface area contributed by atoms with Gasteiger partial charge < -0.3 is 39.7 Å². The lowest BCUT2D eigenvalue weighted by Crippen LogP contribution is -2.51. The Bertz CT molecular complexity index is 3820. The summed E-state index contributed by atoms with van der Waals surface area (Å²) >= 11 is 0. The maximum atomic E-state index is 13.8. The number of nitrogens with zero attached hydrogens (tertiary/aromatic N) is 16. The molecule has 0 radical (unpaired) electrons. The van der Waals surface area contributed by atoms with Crippen LogP contribution in [0.5, 0.6) is 0 Å². The van der Waals surface area contributed by atoms with Crippen LogP contribution in [-0.2, 0) is 9.47 Å². The van der Waals surface area contributed by atoms with Gasteiger partial charge in [-0.1, -0.05) is 0 Å². The molecule has 3 saturated heterocycles. The van der Waals surface area contributed by atoms with Gasteiger partial charge in [-0.2, -0.15) is 0 Å². The summed E-state index contributed by atoms with van der Waals surface area (Å²) < 4.78 is 57.1. The average Bonchev–Trinajstić information content (AvgIpc) is 3.59. The molecule has 25 heteroatoms. The van der Waals surface area contributed by atoms with Crippen molar-refractivity contribution in [3.63, 3.8) is 0 Å². The summed E-state index contributed by atoms with van der Waals surface area (Å²) in [7, 11) is 0. The summed E-state index contributed by atoms with van der Waals surface area (Å²) in [4.78, 5) is 73.1. The molecule has 9 aromatic rings. The minimum atomic E-state index is -0.524. The zero-order chi connectivity index (χ0) is 61.4. The number of ether oxygens (including phenoxy) is 2. The number of rotatable bonds is 11. The first-order valence-electron chi connectivity index (χ1n) is 29.6. The number of amides is 2. The Morgan fingerprint density at radius 3 is 1.46 bits per heavy atom. The smallest absolute Gasteiger partial charge is 0.410 e. The lowest BCUT2D eigenvalue weighted by atomic mass is 10.0. The molecule has 0 aromatic carbocycles. The fourth-order valence-electron chi connectivity index (χ4n) is 11.0. The SMILES string of the molecule is CC(C)(C)OC(=O)N1CCC[C@@H](Nc2ccnc(-c3cnc4ccc(F)cn34)n2)C1.CCN(c1ccnc(-c2cnc3ccc(F)cn23)n1)[C@@H]1CCCN(C(=O)OC(C)(C)C)C1.CCN(c1ccnc(-c2cnc3ccc(F)cn23)n1)[C@@H]1CCCNC1. The molecule has 0 bridgehead atoms. The van der Waals surface area contributed by atoms with Gasteiger partial charge in [0.05, 0.1) is 18.6 Å². The van der Waals surface area contributed by atoms with Crippen LogP contribution in [0, 0.1) is 17.5 Å². The van der Waals surface area contributed by atoms with Gasteiger partial charge in [-0.15, -0.1) is 0 Å². The average molecular weight is 1190 g/mol. The van der Waals surface area contributed by atoms with Crippen LogP contribution in [0.1, 0.15) is 93.9 Å². The van der Waals surface area contributed by atoms with Crippen molar-refractivity contribution in [2.45, 2.75) is 123 Å². The van der Waals surface area contributed by atoms with Gasteiger partial charge in [0.15, 0.2) is 17.5 Å². The number of piperidine rings is 3. The number of imidazole rings is 3. The van der Waals surface area contributed by atoms with E-state index in [2.05, 4.69) is 69.2 Å². The van der Waals surface area contributed by atoms with E-state index in [-0.39, 0.29) is 41.7 Å².